The summed E-state index contributed by atoms with van der Waals surface area (Å²) < 4.78 is 14.2. The molecule has 0 amide bonds. The molecule has 3 aromatic heterocycles. The van der Waals surface area contributed by atoms with Crippen molar-refractivity contribution in [3.05, 3.63) is 47.8 Å². The molecule has 0 atom stereocenters. The maximum absolute atomic E-state index is 14.2. The number of nitrogens with two attached hydrogens (primary N) is 1. The number of halogens is 1. The van der Waals surface area contributed by atoms with Gasteiger partial charge in [0, 0.05) is 34.6 Å². The van der Waals surface area contributed by atoms with Gasteiger partial charge in [-0.2, -0.15) is 0 Å². The molecule has 0 aliphatic heterocycles. The molecule has 0 aliphatic rings. The highest BCUT2D eigenvalue weighted by Crippen LogP contribution is 2.38. The van der Waals surface area contributed by atoms with Gasteiger partial charge in [-0.1, -0.05) is 13.8 Å². The standard InChI is InChI=1S/C17H17FN4/c1-9(2)14-16(19)15-10(3)6-21-8-13(15)22-17(14)11-4-5-20-7-12(11)18/h4-9H,1-3H3,(H2,19,22). The lowest BCUT2D eigenvalue weighted by molar-refractivity contribution is 0.624. The summed E-state index contributed by atoms with van der Waals surface area (Å²) in [4.78, 5) is 12.6. The van der Waals surface area contributed by atoms with E-state index in [0.29, 0.717) is 22.5 Å². The first kappa shape index (κ1) is 14.4. The van der Waals surface area contributed by atoms with Crippen LogP contribution >= 0.6 is 0 Å². The number of hydrogen-bond donors (Lipinski definition) is 1. The molecule has 0 unspecified atom stereocenters. The third kappa shape index (κ3) is 2.19. The predicted octanol–water partition coefficient (Wildman–Crippen LogP) is 3.84. The molecule has 4 nitrogen and oxygen atoms in total. The fourth-order valence-corrected chi connectivity index (χ4v) is 2.79. The van der Waals surface area contributed by atoms with Gasteiger partial charge >= 0.3 is 0 Å². The maximum Gasteiger partial charge on any atom is 0.150 e. The Morgan fingerprint density at radius 1 is 1.14 bits per heavy atom. The summed E-state index contributed by atoms with van der Waals surface area (Å²) in [6, 6.07) is 1.62. The van der Waals surface area contributed by atoms with Gasteiger partial charge in [0.25, 0.3) is 0 Å². The summed E-state index contributed by atoms with van der Waals surface area (Å²) in [7, 11) is 0. The van der Waals surface area contributed by atoms with Crippen molar-refractivity contribution in [2.24, 2.45) is 0 Å². The Bertz CT molecular complexity index is 859. The van der Waals surface area contributed by atoms with Crippen LogP contribution in [0.2, 0.25) is 0 Å². The molecule has 0 aliphatic carbocycles. The van der Waals surface area contributed by atoms with Crippen LogP contribution in [0.5, 0.6) is 0 Å². The zero-order valence-electron chi connectivity index (χ0n) is 12.8. The number of aryl methyl sites for hydroxylation is 1. The molecule has 0 aromatic carbocycles. The maximum atomic E-state index is 14.2. The number of hydrogen-bond acceptors (Lipinski definition) is 4. The highest BCUT2D eigenvalue weighted by molar-refractivity contribution is 5.97. The fraction of sp³-hybridized carbons (Fsp3) is 0.235. The molecule has 22 heavy (non-hydrogen) atoms. The van der Waals surface area contributed by atoms with Gasteiger partial charge in [-0.15, -0.1) is 0 Å². The summed E-state index contributed by atoms with van der Waals surface area (Å²) in [5.41, 5.74) is 10.5. The van der Waals surface area contributed by atoms with E-state index in [2.05, 4.69) is 15.0 Å². The first-order chi connectivity index (χ1) is 10.5. The van der Waals surface area contributed by atoms with E-state index in [-0.39, 0.29) is 5.92 Å². The van der Waals surface area contributed by atoms with Crippen LogP contribution in [0.25, 0.3) is 22.2 Å². The second-order valence-electron chi connectivity index (χ2n) is 5.65. The summed E-state index contributed by atoms with van der Waals surface area (Å²) in [5, 5.41) is 0.886. The first-order valence-electron chi connectivity index (χ1n) is 7.14. The van der Waals surface area contributed by atoms with E-state index in [1.165, 1.54) is 6.20 Å². The molecular formula is C17H17FN4. The van der Waals surface area contributed by atoms with E-state index >= 15 is 0 Å². The molecule has 0 saturated heterocycles. The highest BCUT2D eigenvalue weighted by Gasteiger charge is 2.20. The second kappa shape index (κ2) is 5.33. The fourth-order valence-electron chi connectivity index (χ4n) is 2.79. The van der Waals surface area contributed by atoms with Crippen LogP contribution in [-0.4, -0.2) is 15.0 Å². The topological polar surface area (TPSA) is 64.7 Å². The molecule has 0 radical (unpaired) electrons. The van der Waals surface area contributed by atoms with E-state index < -0.39 is 5.82 Å². The lowest BCUT2D eigenvalue weighted by Crippen LogP contribution is -2.05. The minimum Gasteiger partial charge on any atom is -0.398 e. The Morgan fingerprint density at radius 3 is 2.59 bits per heavy atom. The van der Waals surface area contributed by atoms with Crippen molar-refractivity contribution in [2.45, 2.75) is 26.7 Å². The van der Waals surface area contributed by atoms with Crippen LogP contribution in [0.4, 0.5) is 10.1 Å². The van der Waals surface area contributed by atoms with E-state index in [4.69, 9.17) is 5.73 Å². The predicted molar refractivity (Wildman–Crippen MR) is 86.0 cm³/mol. The van der Waals surface area contributed by atoms with Gasteiger partial charge in [0.1, 0.15) is 0 Å². The van der Waals surface area contributed by atoms with Crippen LogP contribution in [0, 0.1) is 12.7 Å². The third-order valence-electron chi connectivity index (χ3n) is 3.77. The Labute approximate surface area is 128 Å². The van der Waals surface area contributed by atoms with Crippen molar-refractivity contribution < 1.29 is 4.39 Å². The molecular weight excluding hydrogens is 279 g/mol. The lowest BCUT2D eigenvalue weighted by Gasteiger charge is -2.18. The van der Waals surface area contributed by atoms with Crippen molar-refractivity contribution in [1.29, 1.82) is 0 Å². The lowest BCUT2D eigenvalue weighted by atomic mass is 9.93. The SMILES string of the molecule is Cc1cncc2nc(-c3ccncc3F)c(C(C)C)c(N)c12. The van der Waals surface area contributed by atoms with Gasteiger partial charge in [-0.3, -0.25) is 9.97 Å². The average molecular weight is 296 g/mol. The van der Waals surface area contributed by atoms with Gasteiger partial charge in [-0.05, 0) is 24.5 Å². The molecule has 2 N–H and O–H groups in total. The van der Waals surface area contributed by atoms with Crippen LogP contribution in [0.3, 0.4) is 0 Å². The van der Waals surface area contributed by atoms with Crippen molar-refractivity contribution in [3.63, 3.8) is 0 Å². The normalized spacial score (nSPS) is 11.3. The largest absolute Gasteiger partial charge is 0.398 e. The van der Waals surface area contributed by atoms with Gasteiger partial charge in [-0.25, -0.2) is 9.37 Å². The Balaban J connectivity index is 2.45. The number of anilines is 1. The molecule has 5 heteroatoms. The van der Waals surface area contributed by atoms with Crippen molar-refractivity contribution in [2.75, 3.05) is 5.73 Å². The zero-order valence-corrected chi connectivity index (χ0v) is 12.8. The van der Waals surface area contributed by atoms with E-state index in [1.54, 1.807) is 24.7 Å². The van der Waals surface area contributed by atoms with Gasteiger partial charge in [0.15, 0.2) is 5.82 Å². The second-order valence-corrected chi connectivity index (χ2v) is 5.65. The van der Waals surface area contributed by atoms with Crippen molar-refractivity contribution in [1.82, 2.24) is 15.0 Å². The van der Waals surface area contributed by atoms with Crippen LogP contribution in [0.1, 0.15) is 30.9 Å². The average Bonchev–Trinajstić information content (AvgIpc) is 2.47. The third-order valence-corrected chi connectivity index (χ3v) is 3.77. The molecule has 0 spiro atoms. The minimum atomic E-state index is -0.406. The Morgan fingerprint density at radius 2 is 1.91 bits per heavy atom. The van der Waals surface area contributed by atoms with Crippen molar-refractivity contribution >= 4 is 16.6 Å². The number of aromatic nitrogens is 3. The molecule has 3 heterocycles. The van der Waals surface area contributed by atoms with E-state index in [9.17, 15) is 4.39 Å². The monoisotopic (exact) mass is 296 g/mol. The van der Waals surface area contributed by atoms with E-state index in [1.807, 2.05) is 20.8 Å². The molecule has 0 fully saturated rings. The number of rotatable bonds is 2. The van der Waals surface area contributed by atoms with Crippen LogP contribution < -0.4 is 5.73 Å². The van der Waals surface area contributed by atoms with Crippen LogP contribution in [0.15, 0.2) is 30.9 Å². The number of nitrogen functional groups attached to an aromatic ring is 1. The summed E-state index contributed by atoms with van der Waals surface area (Å²) in [5.74, 6) is -0.289. The minimum absolute atomic E-state index is 0.118. The molecule has 0 bridgehead atoms. The van der Waals surface area contributed by atoms with E-state index in [0.717, 1.165) is 16.5 Å². The van der Waals surface area contributed by atoms with Gasteiger partial charge < -0.3 is 5.73 Å². The molecule has 3 aromatic rings. The Kier molecular flexibility index (Phi) is 3.48. The first-order valence-corrected chi connectivity index (χ1v) is 7.14. The number of pyridine rings is 3. The van der Waals surface area contributed by atoms with Crippen molar-refractivity contribution in [3.8, 4) is 11.3 Å². The highest BCUT2D eigenvalue weighted by atomic mass is 19.1. The van der Waals surface area contributed by atoms with Gasteiger partial charge in [0.2, 0.25) is 0 Å². The summed E-state index contributed by atoms with van der Waals surface area (Å²) in [6.45, 7) is 6.00. The van der Waals surface area contributed by atoms with Crippen LogP contribution in [-0.2, 0) is 0 Å². The molecule has 112 valence electrons. The molecule has 0 saturated carbocycles. The van der Waals surface area contributed by atoms with Gasteiger partial charge in [0.05, 0.1) is 23.6 Å². The number of fused-ring (bicyclic) bond motifs is 1. The Hall–Kier alpha value is -2.56. The molecule has 3 rings (SSSR count). The zero-order chi connectivity index (χ0) is 15.9. The summed E-state index contributed by atoms with van der Waals surface area (Å²) in [6.07, 6.45) is 6.16. The number of nitrogens with zero attached hydrogens (tertiary/aromatic N) is 3. The summed E-state index contributed by atoms with van der Waals surface area (Å²) >= 11 is 0. The smallest absolute Gasteiger partial charge is 0.150 e. The quantitative estimate of drug-likeness (QED) is 0.780.